The Hall–Kier alpha value is -1.81. The monoisotopic (exact) mass is 332 g/mol. The molecule has 4 heteroatoms. The van der Waals surface area contributed by atoms with Gasteiger partial charge in [-0.15, -0.1) is 0 Å². The first-order chi connectivity index (χ1) is 9.65. The highest BCUT2D eigenvalue weighted by molar-refractivity contribution is 9.10. The molecular weight excluding hydrogens is 316 g/mol. The van der Waals surface area contributed by atoms with Gasteiger partial charge in [-0.05, 0) is 29.8 Å². The van der Waals surface area contributed by atoms with E-state index in [-0.39, 0.29) is 5.91 Å². The predicted octanol–water partition coefficient (Wildman–Crippen LogP) is 3.20. The number of hydrogen-bond acceptors (Lipinski definition) is 2. The van der Waals surface area contributed by atoms with Crippen molar-refractivity contribution in [2.45, 2.75) is 6.54 Å². The molecule has 104 valence electrons. The fraction of sp³-hybridized carbons (Fsp3) is 0.188. The summed E-state index contributed by atoms with van der Waals surface area (Å²) in [5, 5.41) is 2.92. The van der Waals surface area contributed by atoms with Gasteiger partial charge < -0.3 is 10.2 Å². The van der Waals surface area contributed by atoms with E-state index in [1.807, 2.05) is 66.5 Å². The fourth-order valence-electron chi connectivity index (χ4n) is 1.85. The number of carbonyl (C=O) groups is 1. The minimum absolute atomic E-state index is 0.0132. The summed E-state index contributed by atoms with van der Waals surface area (Å²) in [7, 11) is 1.91. The second-order valence-corrected chi connectivity index (χ2v) is 5.51. The van der Waals surface area contributed by atoms with E-state index in [0.29, 0.717) is 13.1 Å². The molecular formula is C16H17BrN2O. The van der Waals surface area contributed by atoms with Crippen molar-refractivity contribution < 1.29 is 4.79 Å². The highest BCUT2D eigenvalue weighted by Crippen LogP contribution is 2.16. The van der Waals surface area contributed by atoms with Crippen LogP contribution < -0.4 is 10.2 Å². The lowest BCUT2D eigenvalue weighted by molar-refractivity contribution is -0.119. The van der Waals surface area contributed by atoms with Crippen molar-refractivity contribution in [2.75, 3.05) is 18.5 Å². The molecule has 2 rings (SSSR count). The molecule has 0 atom stereocenters. The number of benzene rings is 2. The van der Waals surface area contributed by atoms with Crippen LogP contribution >= 0.6 is 15.9 Å². The zero-order valence-electron chi connectivity index (χ0n) is 11.3. The van der Waals surface area contributed by atoms with Gasteiger partial charge in [-0.2, -0.15) is 0 Å². The average molecular weight is 333 g/mol. The van der Waals surface area contributed by atoms with Crippen LogP contribution in [0.4, 0.5) is 5.69 Å². The number of nitrogens with zero attached hydrogens (tertiary/aromatic N) is 1. The molecule has 0 fully saturated rings. The molecule has 20 heavy (non-hydrogen) atoms. The smallest absolute Gasteiger partial charge is 0.239 e. The lowest BCUT2D eigenvalue weighted by atomic mass is 10.2. The number of nitrogens with one attached hydrogen (secondary N) is 1. The van der Waals surface area contributed by atoms with Gasteiger partial charge in [0, 0.05) is 23.8 Å². The zero-order chi connectivity index (χ0) is 14.4. The predicted molar refractivity (Wildman–Crippen MR) is 85.7 cm³/mol. The minimum Gasteiger partial charge on any atom is -0.365 e. The van der Waals surface area contributed by atoms with E-state index >= 15 is 0 Å². The molecule has 0 bridgehead atoms. The topological polar surface area (TPSA) is 32.3 Å². The molecule has 0 aromatic heterocycles. The third-order valence-corrected chi connectivity index (χ3v) is 3.51. The Labute approximate surface area is 127 Å². The van der Waals surface area contributed by atoms with E-state index in [0.717, 1.165) is 15.7 Å². The SMILES string of the molecule is CN(CC(=O)NCc1ccccc1)c1ccc(Br)cc1. The van der Waals surface area contributed by atoms with Crippen molar-refractivity contribution in [3.05, 3.63) is 64.6 Å². The standard InChI is InChI=1S/C16H17BrN2O/c1-19(15-9-7-14(17)8-10-15)12-16(20)18-11-13-5-3-2-4-6-13/h2-10H,11-12H2,1H3,(H,18,20). The molecule has 0 heterocycles. The van der Waals surface area contributed by atoms with Crippen molar-refractivity contribution in [3.63, 3.8) is 0 Å². The number of likely N-dealkylation sites (N-methyl/N-ethyl adjacent to an activating group) is 1. The third kappa shape index (κ3) is 4.38. The van der Waals surface area contributed by atoms with Crippen LogP contribution in [0.1, 0.15) is 5.56 Å². The van der Waals surface area contributed by atoms with Gasteiger partial charge >= 0.3 is 0 Å². The van der Waals surface area contributed by atoms with Crippen LogP contribution in [-0.2, 0) is 11.3 Å². The average Bonchev–Trinajstić information content (AvgIpc) is 2.47. The van der Waals surface area contributed by atoms with Crippen LogP contribution in [0.3, 0.4) is 0 Å². The maximum absolute atomic E-state index is 11.9. The Balaban J connectivity index is 1.83. The zero-order valence-corrected chi connectivity index (χ0v) is 12.9. The molecule has 0 unspecified atom stereocenters. The van der Waals surface area contributed by atoms with Crippen LogP contribution in [0.25, 0.3) is 0 Å². The molecule has 1 N–H and O–H groups in total. The number of hydrogen-bond donors (Lipinski definition) is 1. The number of carbonyl (C=O) groups excluding carboxylic acids is 1. The molecule has 2 aromatic rings. The lowest BCUT2D eigenvalue weighted by Gasteiger charge is -2.18. The Morgan fingerprint density at radius 1 is 1.10 bits per heavy atom. The summed E-state index contributed by atoms with van der Waals surface area (Å²) in [6, 6.07) is 17.8. The first kappa shape index (κ1) is 14.6. The van der Waals surface area contributed by atoms with Crippen LogP contribution in [0.2, 0.25) is 0 Å². The lowest BCUT2D eigenvalue weighted by Crippen LogP contribution is -2.34. The second kappa shape index (κ2) is 7.10. The van der Waals surface area contributed by atoms with Gasteiger partial charge in [0.1, 0.15) is 0 Å². The third-order valence-electron chi connectivity index (χ3n) is 2.98. The van der Waals surface area contributed by atoms with Crippen molar-refractivity contribution in [2.24, 2.45) is 0 Å². The maximum Gasteiger partial charge on any atom is 0.239 e. The number of rotatable bonds is 5. The normalized spacial score (nSPS) is 10.1. The van der Waals surface area contributed by atoms with Gasteiger partial charge in [0.25, 0.3) is 0 Å². The van der Waals surface area contributed by atoms with E-state index in [1.54, 1.807) is 0 Å². The van der Waals surface area contributed by atoms with Crippen molar-refractivity contribution in [3.8, 4) is 0 Å². The molecule has 3 nitrogen and oxygen atoms in total. The Bertz CT molecular complexity index is 554. The molecule has 0 saturated heterocycles. The highest BCUT2D eigenvalue weighted by atomic mass is 79.9. The first-order valence-electron chi connectivity index (χ1n) is 6.42. The van der Waals surface area contributed by atoms with E-state index in [9.17, 15) is 4.79 Å². The van der Waals surface area contributed by atoms with Crippen LogP contribution in [-0.4, -0.2) is 19.5 Å². The van der Waals surface area contributed by atoms with Gasteiger partial charge in [0.2, 0.25) is 5.91 Å². The quantitative estimate of drug-likeness (QED) is 0.911. The van der Waals surface area contributed by atoms with Gasteiger partial charge in [-0.3, -0.25) is 4.79 Å². The van der Waals surface area contributed by atoms with Crippen molar-refractivity contribution in [1.29, 1.82) is 0 Å². The summed E-state index contributed by atoms with van der Waals surface area (Å²) in [4.78, 5) is 13.8. The summed E-state index contributed by atoms with van der Waals surface area (Å²) >= 11 is 3.40. The number of anilines is 1. The summed E-state index contributed by atoms with van der Waals surface area (Å²) in [5.74, 6) is 0.0132. The highest BCUT2D eigenvalue weighted by Gasteiger charge is 2.07. The van der Waals surface area contributed by atoms with E-state index in [4.69, 9.17) is 0 Å². The summed E-state index contributed by atoms with van der Waals surface area (Å²) < 4.78 is 1.03. The first-order valence-corrected chi connectivity index (χ1v) is 7.22. The summed E-state index contributed by atoms with van der Waals surface area (Å²) in [6.07, 6.45) is 0. The summed E-state index contributed by atoms with van der Waals surface area (Å²) in [6.45, 7) is 0.905. The maximum atomic E-state index is 11.9. The number of halogens is 1. The van der Waals surface area contributed by atoms with E-state index in [1.165, 1.54) is 0 Å². The molecule has 2 aromatic carbocycles. The molecule has 0 radical (unpaired) electrons. The molecule has 0 aliphatic carbocycles. The molecule has 0 saturated carbocycles. The Morgan fingerprint density at radius 3 is 2.40 bits per heavy atom. The fourth-order valence-corrected chi connectivity index (χ4v) is 2.12. The van der Waals surface area contributed by atoms with Gasteiger partial charge in [-0.25, -0.2) is 0 Å². The molecule has 1 amide bonds. The second-order valence-electron chi connectivity index (χ2n) is 4.59. The van der Waals surface area contributed by atoms with Crippen LogP contribution in [0.15, 0.2) is 59.1 Å². The van der Waals surface area contributed by atoms with E-state index in [2.05, 4.69) is 21.2 Å². The minimum atomic E-state index is 0.0132. The molecule has 0 spiro atoms. The largest absolute Gasteiger partial charge is 0.365 e. The van der Waals surface area contributed by atoms with Crippen molar-refractivity contribution >= 4 is 27.5 Å². The van der Waals surface area contributed by atoms with Crippen LogP contribution in [0, 0.1) is 0 Å². The Kier molecular flexibility index (Phi) is 5.18. The molecule has 0 aliphatic heterocycles. The van der Waals surface area contributed by atoms with Gasteiger partial charge in [-0.1, -0.05) is 46.3 Å². The molecule has 0 aliphatic rings. The van der Waals surface area contributed by atoms with Gasteiger partial charge in [0.05, 0.1) is 6.54 Å². The van der Waals surface area contributed by atoms with E-state index < -0.39 is 0 Å². The summed E-state index contributed by atoms with van der Waals surface area (Å²) in [5.41, 5.74) is 2.12. The van der Waals surface area contributed by atoms with Gasteiger partial charge in [0.15, 0.2) is 0 Å². The number of amides is 1. The Morgan fingerprint density at radius 2 is 1.75 bits per heavy atom. The van der Waals surface area contributed by atoms with Crippen LogP contribution in [0.5, 0.6) is 0 Å². The van der Waals surface area contributed by atoms with Crippen molar-refractivity contribution in [1.82, 2.24) is 5.32 Å².